The first-order valence-electron chi connectivity index (χ1n) is 18.9. The first kappa shape index (κ1) is 27.5. The molecule has 0 radical (unpaired) electrons. The number of benzene rings is 2. The summed E-state index contributed by atoms with van der Waals surface area (Å²) >= 11 is 0. The molecule has 0 amide bonds. The molecule has 4 fully saturated rings. The molecule has 1 saturated heterocycles. The van der Waals surface area contributed by atoms with Crippen molar-refractivity contribution in [2.75, 3.05) is 19.6 Å². The van der Waals surface area contributed by atoms with Crippen molar-refractivity contribution in [1.29, 1.82) is 0 Å². The molecular weight excluding hydrogens is 618 g/mol. The SMILES string of the molecule is Oc1ccc2c3c1O[C@H]1c4[nH]c5c(c4C[C@@]4(O)C[C@@](NCC6CC6)(C2)C[C@]314)C[C@@]1(O)[C@H]2Cc3ccc(O)c4c3[C@@]1(CCN2CC1CC1)[C@H]5O4. The Morgan fingerprint density at radius 1 is 0.796 bits per heavy atom. The number of hydrogen-bond donors (Lipinski definition) is 6. The average molecular weight is 662 g/mol. The Morgan fingerprint density at radius 3 is 2.20 bits per heavy atom. The molecule has 13 rings (SSSR count). The van der Waals surface area contributed by atoms with Crippen LogP contribution >= 0.6 is 0 Å². The van der Waals surface area contributed by atoms with E-state index in [1.807, 2.05) is 0 Å². The first-order valence-corrected chi connectivity index (χ1v) is 18.9. The van der Waals surface area contributed by atoms with Crippen LogP contribution in [0, 0.1) is 11.8 Å². The summed E-state index contributed by atoms with van der Waals surface area (Å²) in [7, 11) is 0. The second-order valence-corrected chi connectivity index (χ2v) is 18.1. The molecule has 3 saturated carbocycles. The predicted octanol–water partition coefficient (Wildman–Crippen LogP) is 3.87. The van der Waals surface area contributed by atoms with Crippen LogP contribution in [0.15, 0.2) is 24.3 Å². The van der Waals surface area contributed by atoms with Gasteiger partial charge in [0.05, 0.1) is 33.4 Å². The number of aromatic amines is 1. The lowest BCUT2D eigenvalue weighted by atomic mass is 9.48. The molecular formula is C40H43N3O6. The lowest BCUT2D eigenvalue weighted by Gasteiger charge is -2.63. The van der Waals surface area contributed by atoms with Crippen LogP contribution in [0.4, 0.5) is 0 Å². The Kier molecular flexibility index (Phi) is 4.55. The van der Waals surface area contributed by atoms with Gasteiger partial charge in [-0.1, -0.05) is 12.1 Å². The number of rotatable bonds is 5. The van der Waals surface area contributed by atoms with Gasteiger partial charge in [0, 0.05) is 42.1 Å². The fourth-order valence-corrected chi connectivity index (χ4v) is 13.4. The van der Waals surface area contributed by atoms with Crippen molar-refractivity contribution < 1.29 is 29.9 Å². The number of fused-ring (bicyclic) bond motifs is 6. The maximum atomic E-state index is 13.5. The van der Waals surface area contributed by atoms with Crippen LogP contribution in [0.2, 0.25) is 0 Å². The highest BCUT2D eigenvalue weighted by atomic mass is 16.5. The molecule has 2 spiro atoms. The van der Waals surface area contributed by atoms with Crippen molar-refractivity contribution in [2.24, 2.45) is 11.8 Å². The van der Waals surface area contributed by atoms with E-state index in [4.69, 9.17) is 9.47 Å². The fraction of sp³-hybridized carbons (Fsp3) is 0.600. The summed E-state index contributed by atoms with van der Waals surface area (Å²) < 4.78 is 13.8. The van der Waals surface area contributed by atoms with E-state index in [0.717, 1.165) is 79.0 Å². The number of piperidine rings is 1. The van der Waals surface area contributed by atoms with Gasteiger partial charge in [-0.3, -0.25) is 4.90 Å². The summed E-state index contributed by atoms with van der Waals surface area (Å²) in [6.07, 6.45) is 8.71. The first-order chi connectivity index (χ1) is 23.7. The normalized spacial score (nSPS) is 42.2. The largest absolute Gasteiger partial charge is 0.504 e. The fourth-order valence-electron chi connectivity index (χ4n) is 13.4. The molecule has 4 heterocycles. The molecule has 6 N–H and O–H groups in total. The molecule has 2 aromatic carbocycles. The molecule has 9 heteroatoms. The number of nitrogens with zero attached hydrogens (tertiary/aromatic N) is 1. The van der Waals surface area contributed by atoms with E-state index in [1.165, 1.54) is 36.8 Å². The van der Waals surface area contributed by atoms with Gasteiger partial charge in [-0.15, -0.1) is 0 Å². The van der Waals surface area contributed by atoms with E-state index < -0.39 is 34.2 Å². The number of phenolic OH excluding ortho intramolecular Hbond substituents is 2. The molecule has 0 unspecified atom stereocenters. The van der Waals surface area contributed by atoms with Crippen molar-refractivity contribution in [1.82, 2.24) is 15.2 Å². The molecule has 254 valence electrons. The third-order valence-corrected chi connectivity index (χ3v) is 15.7. The molecule has 3 aromatic rings. The zero-order chi connectivity index (χ0) is 32.4. The van der Waals surface area contributed by atoms with Crippen molar-refractivity contribution >= 4 is 0 Å². The van der Waals surface area contributed by atoms with Gasteiger partial charge in [-0.25, -0.2) is 0 Å². The van der Waals surface area contributed by atoms with E-state index in [-0.39, 0.29) is 23.1 Å². The number of likely N-dealkylation sites (tertiary alicyclic amines) is 1. The van der Waals surface area contributed by atoms with E-state index in [9.17, 15) is 20.4 Å². The molecule has 10 aliphatic rings. The second kappa shape index (κ2) is 8.12. The third kappa shape index (κ3) is 2.91. The Bertz CT molecular complexity index is 2070. The Labute approximate surface area is 284 Å². The number of aromatic nitrogens is 1. The van der Waals surface area contributed by atoms with E-state index in [0.29, 0.717) is 42.6 Å². The van der Waals surface area contributed by atoms with Crippen molar-refractivity contribution in [2.45, 2.75) is 116 Å². The van der Waals surface area contributed by atoms with Crippen LogP contribution in [0.5, 0.6) is 23.0 Å². The summed E-state index contributed by atoms with van der Waals surface area (Å²) in [6, 6.07) is 7.59. The number of hydrogen-bond acceptors (Lipinski definition) is 8. The lowest BCUT2D eigenvalue weighted by Crippen LogP contribution is -2.74. The number of aliphatic hydroxyl groups is 2. The third-order valence-electron chi connectivity index (χ3n) is 15.7. The van der Waals surface area contributed by atoms with Crippen molar-refractivity contribution in [3.05, 3.63) is 69.0 Å². The number of phenols is 2. The van der Waals surface area contributed by atoms with Gasteiger partial charge in [0.1, 0.15) is 0 Å². The maximum absolute atomic E-state index is 13.5. The van der Waals surface area contributed by atoms with Crippen LogP contribution in [-0.2, 0) is 36.5 Å². The smallest absolute Gasteiger partial charge is 0.166 e. The van der Waals surface area contributed by atoms with Gasteiger partial charge in [-0.05, 0) is 117 Å². The number of nitrogens with one attached hydrogen (secondary N) is 2. The van der Waals surface area contributed by atoms with Gasteiger partial charge < -0.3 is 40.2 Å². The van der Waals surface area contributed by atoms with Gasteiger partial charge in [0.2, 0.25) is 0 Å². The van der Waals surface area contributed by atoms with Gasteiger partial charge in [-0.2, -0.15) is 0 Å². The standard InChI is InChI=1S/C40H43N3O6/c44-25-7-5-21-11-27-40(47)14-24-23-13-37(46)17-36(41-15-19-1-2-19)12-22-6-8-26(45)33-29(22)39(37,18-36)35(49-33)30(23)42-31(24)34-38(40,28(21)32(25)48-34)9-10-43(27)16-20-3-4-20/h5-8,19-20,27,34-35,41-42,44-47H,1-4,9-18H2/t27-,34+,35+,36+,37-,38+,39+,40-/m1/s1. The minimum Gasteiger partial charge on any atom is -0.504 e. The summed E-state index contributed by atoms with van der Waals surface area (Å²) in [5.41, 5.74) is 4.58. The molecule has 4 bridgehead atoms. The second-order valence-electron chi connectivity index (χ2n) is 18.1. The summed E-state index contributed by atoms with van der Waals surface area (Å²) in [5.74, 6) is 2.75. The Balaban J connectivity index is 1.01. The van der Waals surface area contributed by atoms with Crippen molar-refractivity contribution in [3.63, 3.8) is 0 Å². The maximum Gasteiger partial charge on any atom is 0.166 e. The minimum absolute atomic E-state index is 0.0558. The molecule has 49 heavy (non-hydrogen) atoms. The van der Waals surface area contributed by atoms with E-state index in [1.54, 1.807) is 12.1 Å². The zero-order valence-corrected chi connectivity index (χ0v) is 27.6. The highest BCUT2D eigenvalue weighted by molar-refractivity contribution is 5.69. The Hall–Kier alpha value is -3.24. The molecule has 3 aliphatic heterocycles. The monoisotopic (exact) mass is 661 g/mol. The number of ether oxygens (including phenoxy) is 2. The van der Waals surface area contributed by atoms with Crippen LogP contribution in [0.3, 0.4) is 0 Å². The Morgan fingerprint density at radius 2 is 1.47 bits per heavy atom. The predicted molar refractivity (Wildman–Crippen MR) is 177 cm³/mol. The molecule has 8 atom stereocenters. The number of aromatic hydroxyl groups is 2. The molecule has 9 nitrogen and oxygen atoms in total. The highest BCUT2D eigenvalue weighted by Crippen LogP contribution is 2.74. The average Bonchev–Trinajstić information content (AvgIpc) is 3.96. The van der Waals surface area contributed by atoms with Gasteiger partial charge in [0.15, 0.2) is 35.2 Å². The van der Waals surface area contributed by atoms with Crippen LogP contribution in [0.25, 0.3) is 0 Å². The quantitative estimate of drug-likeness (QED) is 0.243. The summed E-state index contributed by atoms with van der Waals surface area (Å²) in [5, 5.41) is 53.1. The minimum atomic E-state index is -1.10. The zero-order valence-electron chi connectivity index (χ0n) is 27.6. The van der Waals surface area contributed by atoms with Crippen LogP contribution in [-0.4, -0.2) is 72.7 Å². The van der Waals surface area contributed by atoms with Crippen LogP contribution in [0.1, 0.15) is 102 Å². The summed E-state index contributed by atoms with van der Waals surface area (Å²) in [4.78, 5) is 6.47. The van der Waals surface area contributed by atoms with Gasteiger partial charge >= 0.3 is 0 Å². The molecule has 1 aromatic heterocycles. The van der Waals surface area contributed by atoms with E-state index >= 15 is 0 Å². The van der Waals surface area contributed by atoms with Gasteiger partial charge in [0.25, 0.3) is 0 Å². The van der Waals surface area contributed by atoms with Crippen LogP contribution < -0.4 is 14.8 Å². The van der Waals surface area contributed by atoms with E-state index in [2.05, 4.69) is 27.3 Å². The van der Waals surface area contributed by atoms with Crippen molar-refractivity contribution in [3.8, 4) is 23.0 Å². The lowest BCUT2D eigenvalue weighted by molar-refractivity contribution is -0.173. The topological polar surface area (TPSA) is 130 Å². The summed E-state index contributed by atoms with van der Waals surface area (Å²) in [6.45, 7) is 2.89. The highest BCUT2D eigenvalue weighted by Gasteiger charge is 2.77. The number of H-pyrrole nitrogens is 1. The molecule has 7 aliphatic carbocycles.